The van der Waals surface area contributed by atoms with Crippen LogP contribution < -0.4 is 5.32 Å². The zero-order valence-electron chi connectivity index (χ0n) is 11.3. The van der Waals surface area contributed by atoms with Crippen LogP contribution in [0.5, 0.6) is 0 Å². The number of rotatable bonds is 6. The van der Waals surface area contributed by atoms with Crippen molar-refractivity contribution in [1.82, 2.24) is 10.2 Å². The van der Waals surface area contributed by atoms with Crippen molar-refractivity contribution in [2.45, 2.75) is 32.7 Å². The van der Waals surface area contributed by atoms with Gasteiger partial charge in [-0.3, -0.25) is 4.90 Å². The predicted molar refractivity (Wildman–Crippen MR) is 70.0 cm³/mol. The third kappa shape index (κ3) is 3.11. The first-order valence-electron chi connectivity index (χ1n) is 6.52. The van der Waals surface area contributed by atoms with E-state index in [1.165, 1.54) is 19.3 Å². The summed E-state index contributed by atoms with van der Waals surface area (Å²) in [4.78, 5) is 2.38. The van der Waals surface area contributed by atoms with Gasteiger partial charge in [-0.15, -0.1) is 0 Å². The zero-order chi connectivity index (χ0) is 12.3. The topological polar surface area (TPSA) is 28.4 Å². The molecule has 0 unspecified atom stereocenters. The Labute approximate surface area is 104 Å². The molecule has 2 rings (SSSR count). The van der Waals surface area contributed by atoms with Gasteiger partial charge in [0.2, 0.25) is 0 Å². The molecule has 3 heteroatoms. The van der Waals surface area contributed by atoms with E-state index in [2.05, 4.69) is 30.4 Å². The van der Waals surface area contributed by atoms with Gasteiger partial charge in [-0.2, -0.15) is 0 Å². The van der Waals surface area contributed by atoms with E-state index in [1.54, 1.807) is 0 Å². The normalized spacial score (nSPS) is 18.4. The Morgan fingerprint density at radius 3 is 2.65 bits per heavy atom. The minimum Gasteiger partial charge on any atom is -0.465 e. The highest BCUT2D eigenvalue weighted by atomic mass is 16.3. The van der Waals surface area contributed by atoms with E-state index in [0.717, 1.165) is 31.2 Å². The molecule has 96 valence electrons. The summed E-state index contributed by atoms with van der Waals surface area (Å²) in [6, 6.07) is 4.12. The lowest BCUT2D eigenvalue weighted by molar-refractivity contribution is 0.0738. The second kappa shape index (κ2) is 5.23. The van der Waals surface area contributed by atoms with E-state index in [-0.39, 0.29) is 0 Å². The van der Waals surface area contributed by atoms with E-state index < -0.39 is 0 Å². The van der Waals surface area contributed by atoms with Crippen LogP contribution in [0.2, 0.25) is 0 Å². The van der Waals surface area contributed by atoms with E-state index in [0.29, 0.717) is 5.41 Å². The molecular formula is C14H24N2O. The molecular weight excluding hydrogens is 212 g/mol. The van der Waals surface area contributed by atoms with Gasteiger partial charge in [-0.1, -0.05) is 6.42 Å². The minimum absolute atomic E-state index is 0.505. The predicted octanol–water partition coefficient (Wildman–Crippen LogP) is 2.41. The Morgan fingerprint density at radius 2 is 2.18 bits per heavy atom. The van der Waals surface area contributed by atoms with Crippen LogP contribution in [0.1, 0.15) is 30.8 Å². The molecule has 1 heterocycles. The number of nitrogens with one attached hydrogen (secondary N) is 1. The Balaban J connectivity index is 1.85. The molecule has 1 N–H and O–H groups in total. The lowest BCUT2D eigenvalue weighted by Gasteiger charge is -2.44. The molecule has 1 aliphatic carbocycles. The van der Waals surface area contributed by atoms with Crippen molar-refractivity contribution < 1.29 is 4.42 Å². The van der Waals surface area contributed by atoms with Crippen molar-refractivity contribution in [3.8, 4) is 0 Å². The highest BCUT2D eigenvalue weighted by Crippen LogP contribution is 2.40. The molecule has 0 aromatic carbocycles. The van der Waals surface area contributed by atoms with Crippen molar-refractivity contribution in [3.05, 3.63) is 23.7 Å². The van der Waals surface area contributed by atoms with E-state index in [1.807, 2.05) is 13.0 Å². The first kappa shape index (κ1) is 12.7. The fourth-order valence-corrected chi connectivity index (χ4v) is 2.91. The highest BCUT2D eigenvalue weighted by molar-refractivity contribution is 5.05. The Hall–Kier alpha value is -0.800. The summed E-state index contributed by atoms with van der Waals surface area (Å²) >= 11 is 0. The average molecular weight is 236 g/mol. The highest BCUT2D eigenvalue weighted by Gasteiger charge is 2.37. The number of hydrogen-bond acceptors (Lipinski definition) is 3. The van der Waals surface area contributed by atoms with Gasteiger partial charge >= 0.3 is 0 Å². The molecule has 1 saturated carbocycles. The molecule has 0 aliphatic heterocycles. The number of hydrogen-bond donors (Lipinski definition) is 1. The van der Waals surface area contributed by atoms with Gasteiger partial charge in [-0.25, -0.2) is 0 Å². The van der Waals surface area contributed by atoms with E-state index >= 15 is 0 Å². The summed E-state index contributed by atoms with van der Waals surface area (Å²) in [5, 5.41) is 3.33. The van der Waals surface area contributed by atoms with Crippen molar-refractivity contribution in [3.63, 3.8) is 0 Å². The lowest BCUT2D eigenvalue weighted by Crippen LogP contribution is -2.46. The van der Waals surface area contributed by atoms with Crippen LogP contribution in [0.4, 0.5) is 0 Å². The van der Waals surface area contributed by atoms with Crippen molar-refractivity contribution >= 4 is 0 Å². The standard InChI is InChI=1S/C14H24N2O/c1-12-5-6-13(17-12)9-16(3)11-14(10-15-2)7-4-8-14/h5-6,15H,4,7-11H2,1-3H3. The molecule has 1 aromatic rings. The molecule has 0 amide bonds. The van der Waals surface area contributed by atoms with Crippen LogP contribution >= 0.6 is 0 Å². The molecule has 1 aromatic heterocycles. The van der Waals surface area contributed by atoms with Gasteiger partial charge < -0.3 is 9.73 Å². The summed E-state index contributed by atoms with van der Waals surface area (Å²) in [6.07, 6.45) is 4.10. The Bertz CT molecular complexity index is 355. The second-order valence-electron chi connectivity index (χ2n) is 5.57. The van der Waals surface area contributed by atoms with Crippen LogP contribution in [0, 0.1) is 12.3 Å². The number of furan rings is 1. The van der Waals surface area contributed by atoms with Crippen LogP contribution in [0.3, 0.4) is 0 Å². The van der Waals surface area contributed by atoms with Crippen molar-refractivity contribution in [2.24, 2.45) is 5.41 Å². The largest absolute Gasteiger partial charge is 0.465 e. The zero-order valence-corrected chi connectivity index (χ0v) is 11.3. The third-order valence-corrected chi connectivity index (χ3v) is 3.79. The fourth-order valence-electron chi connectivity index (χ4n) is 2.91. The maximum atomic E-state index is 5.62. The first-order valence-corrected chi connectivity index (χ1v) is 6.52. The monoisotopic (exact) mass is 236 g/mol. The fraction of sp³-hybridized carbons (Fsp3) is 0.714. The first-order chi connectivity index (χ1) is 8.13. The van der Waals surface area contributed by atoms with E-state index in [9.17, 15) is 0 Å². The summed E-state index contributed by atoms with van der Waals surface area (Å²) in [5.41, 5.74) is 0.505. The van der Waals surface area contributed by atoms with Crippen LogP contribution in [0.25, 0.3) is 0 Å². The van der Waals surface area contributed by atoms with Gasteiger partial charge in [-0.05, 0) is 51.4 Å². The molecule has 0 bridgehead atoms. The van der Waals surface area contributed by atoms with Crippen molar-refractivity contribution in [2.75, 3.05) is 27.2 Å². The molecule has 0 spiro atoms. The summed E-state index contributed by atoms with van der Waals surface area (Å²) < 4.78 is 5.62. The second-order valence-corrected chi connectivity index (χ2v) is 5.57. The van der Waals surface area contributed by atoms with Gasteiger partial charge in [0.1, 0.15) is 11.5 Å². The lowest BCUT2D eigenvalue weighted by atomic mass is 9.68. The summed E-state index contributed by atoms with van der Waals surface area (Å²) in [6.45, 7) is 5.21. The molecule has 0 saturated heterocycles. The molecule has 0 radical (unpaired) electrons. The molecule has 1 aliphatic rings. The molecule has 3 nitrogen and oxygen atoms in total. The smallest absolute Gasteiger partial charge is 0.118 e. The number of aryl methyl sites for hydroxylation is 1. The molecule has 17 heavy (non-hydrogen) atoms. The average Bonchev–Trinajstić information content (AvgIpc) is 2.61. The Morgan fingerprint density at radius 1 is 1.41 bits per heavy atom. The van der Waals surface area contributed by atoms with Crippen LogP contribution in [0.15, 0.2) is 16.5 Å². The third-order valence-electron chi connectivity index (χ3n) is 3.79. The SMILES string of the molecule is CNCC1(CN(C)Cc2ccc(C)o2)CCC1. The van der Waals surface area contributed by atoms with Gasteiger partial charge in [0.25, 0.3) is 0 Å². The summed E-state index contributed by atoms with van der Waals surface area (Å²) in [5.74, 6) is 2.07. The van der Waals surface area contributed by atoms with Gasteiger partial charge in [0.05, 0.1) is 6.54 Å². The Kier molecular flexibility index (Phi) is 3.89. The van der Waals surface area contributed by atoms with Gasteiger partial charge in [0.15, 0.2) is 0 Å². The van der Waals surface area contributed by atoms with E-state index in [4.69, 9.17) is 4.42 Å². The quantitative estimate of drug-likeness (QED) is 0.822. The maximum Gasteiger partial charge on any atom is 0.118 e. The molecule has 0 atom stereocenters. The minimum atomic E-state index is 0.505. The molecule has 1 fully saturated rings. The van der Waals surface area contributed by atoms with Crippen LogP contribution in [-0.4, -0.2) is 32.1 Å². The number of nitrogens with zero attached hydrogens (tertiary/aromatic N) is 1. The van der Waals surface area contributed by atoms with Gasteiger partial charge in [0, 0.05) is 13.1 Å². The van der Waals surface area contributed by atoms with Crippen LogP contribution in [-0.2, 0) is 6.54 Å². The maximum absolute atomic E-state index is 5.62. The summed E-state index contributed by atoms with van der Waals surface area (Å²) in [7, 11) is 4.24. The van der Waals surface area contributed by atoms with Crippen molar-refractivity contribution in [1.29, 1.82) is 0 Å².